The lowest BCUT2D eigenvalue weighted by atomic mass is 9.97. The van der Waals surface area contributed by atoms with Crippen molar-refractivity contribution in [1.29, 1.82) is 0 Å². The lowest BCUT2D eigenvalue weighted by Crippen LogP contribution is -2.44. The van der Waals surface area contributed by atoms with E-state index in [9.17, 15) is 13.2 Å². The van der Waals surface area contributed by atoms with Crippen LogP contribution in [0.1, 0.15) is 49.1 Å². The average Bonchev–Trinajstić information content (AvgIpc) is 3.52. The summed E-state index contributed by atoms with van der Waals surface area (Å²) in [4.78, 5) is 19.4. The molecule has 0 bridgehead atoms. The zero-order chi connectivity index (χ0) is 22.9. The van der Waals surface area contributed by atoms with E-state index >= 15 is 0 Å². The highest BCUT2D eigenvalue weighted by Crippen LogP contribution is 2.27. The molecule has 9 nitrogen and oxygen atoms in total. The second kappa shape index (κ2) is 9.36. The van der Waals surface area contributed by atoms with Gasteiger partial charge in [0.25, 0.3) is 10.0 Å². The van der Waals surface area contributed by atoms with Crippen LogP contribution in [0.3, 0.4) is 0 Å². The van der Waals surface area contributed by atoms with E-state index in [0.717, 1.165) is 37.5 Å². The summed E-state index contributed by atoms with van der Waals surface area (Å²) in [5.41, 5.74) is 0. The van der Waals surface area contributed by atoms with E-state index in [2.05, 4.69) is 15.2 Å². The van der Waals surface area contributed by atoms with Gasteiger partial charge < -0.3 is 14.3 Å². The monoisotopic (exact) mass is 463 g/mol. The van der Waals surface area contributed by atoms with Gasteiger partial charge in [-0.25, -0.2) is 13.4 Å². The lowest BCUT2D eigenvalue weighted by molar-refractivity contribution is -0.126. The Labute approximate surface area is 189 Å². The minimum atomic E-state index is -3.63. The molecule has 0 saturated carbocycles. The Hall–Kier alpha value is -2.17. The predicted octanol–water partition coefficient (Wildman–Crippen LogP) is 1.98. The van der Waals surface area contributed by atoms with Gasteiger partial charge >= 0.3 is 0 Å². The third kappa shape index (κ3) is 4.77. The van der Waals surface area contributed by atoms with Crippen molar-refractivity contribution in [2.24, 2.45) is 13.0 Å². The van der Waals surface area contributed by atoms with Gasteiger partial charge in [0.1, 0.15) is 17.3 Å². The van der Waals surface area contributed by atoms with Crippen molar-refractivity contribution in [2.75, 3.05) is 32.7 Å². The van der Waals surface area contributed by atoms with Crippen molar-refractivity contribution in [1.82, 2.24) is 24.1 Å². The third-order valence-electron chi connectivity index (χ3n) is 6.66. The van der Waals surface area contributed by atoms with Crippen LogP contribution in [-0.4, -0.2) is 65.8 Å². The van der Waals surface area contributed by atoms with Gasteiger partial charge in [-0.2, -0.15) is 4.31 Å². The number of hydrogen-bond acceptors (Lipinski definition) is 6. The number of carbonyl (C=O) groups excluding carboxylic acids is 1. The number of likely N-dealkylation sites (tertiary alicyclic amines) is 1. The summed E-state index contributed by atoms with van der Waals surface area (Å²) in [6.45, 7) is 6.85. The summed E-state index contributed by atoms with van der Waals surface area (Å²) in [7, 11) is -1.86. The standard InChI is InChI=1S/C22H33N5O4S/c1-16-6-7-20(31-16)19(26-10-4-5-11-26)14-23-22(28)18-8-12-27(13-9-18)32(29,30)21-15-25(3)17(2)24-21/h6-7,15,18-19H,4-5,8-14H2,1-3H3,(H,23,28). The van der Waals surface area contributed by atoms with Crippen LogP contribution in [0.25, 0.3) is 0 Å². The smallest absolute Gasteiger partial charge is 0.262 e. The normalized spacial score (nSPS) is 20.0. The third-order valence-corrected chi connectivity index (χ3v) is 8.43. The number of hydrogen-bond donors (Lipinski definition) is 1. The average molecular weight is 464 g/mol. The Morgan fingerprint density at radius 1 is 1.19 bits per heavy atom. The lowest BCUT2D eigenvalue weighted by Gasteiger charge is -2.31. The number of furan rings is 1. The molecule has 2 fully saturated rings. The van der Waals surface area contributed by atoms with E-state index in [1.54, 1.807) is 18.5 Å². The number of imidazole rings is 1. The van der Waals surface area contributed by atoms with Gasteiger partial charge in [-0.15, -0.1) is 0 Å². The molecule has 4 heterocycles. The highest BCUT2D eigenvalue weighted by molar-refractivity contribution is 7.89. The second-order valence-electron chi connectivity index (χ2n) is 8.87. The first kappa shape index (κ1) is 23.0. The molecule has 4 rings (SSSR count). The van der Waals surface area contributed by atoms with Crippen LogP contribution in [0, 0.1) is 19.8 Å². The van der Waals surface area contributed by atoms with Gasteiger partial charge in [0.2, 0.25) is 5.91 Å². The van der Waals surface area contributed by atoms with Crippen LogP contribution in [-0.2, 0) is 21.9 Å². The maximum Gasteiger partial charge on any atom is 0.262 e. The number of rotatable bonds is 7. The minimum absolute atomic E-state index is 0.0109. The summed E-state index contributed by atoms with van der Waals surface area (Å²) in [6.07, 6.45) is 4.87. The van der Waals surface area contributed by atoms with Crippen molar-refractivity contribution < 1.29 is 17.6 Å². The summed E-state index contributed by atoms with van der Waals surface area (Å²) < 4.78 is 34.8. The Morgan fingerprint density at radius 3 is 2.44 bits per heavy atom. The number of nitrogens with one attached hydrogen (secondary N) is 1. The highest BCUT2D eigenvalue weighted by atomic mass is 32.2. The molecular weight excluding hydrogens is 430 g/mol. The number of piperidine rings is 1. The fraction of sp³-hybridized carbons (Fsp3) is 0.636. The van der Waals surface area contributed by atoms with Gasteiger partial charge in [0.05, 0.1) is 6.04 Å². The zero-order valence-corrected chi connectivity index (χ0v) is 19.9. The molecule has 2 aliphatic rings. The van der Waals surface area contributed by atoms with Crippen molar-refractivity contribution in [3.05, 3.63) is 35.7 Å². The van der Waals surface area contributed by atoms with E-state index in [0.29, 0.717) is 38.3 Å². The van der Waals surface area contributed by atoms with E-state index in [1.807, 2.05) is 19.1 Å². The fourth-order valence-corrected chi connectivity index (χ4v) is 6.07. The first-order valence-electron chi connectivity index (χ1n) is 11.3. The van der Waals surface area contributed by atoms with Crippen LogP contribution in [0.2, 0.25) is 0 Å². The Kier molecular flexibility index (Phi) is 6.73. The van der Waals surface area contributed by atoms with E-state index < -0.39 is 10.0 Å². The summed E-state index contributed by atoms with van der Waals surface area (Å²) in [5.74, 6) is 2.20. The molecule has 1 atom stereocenters. The van der Waals surface area contributed by atoms with Crippen LogP contribution in [0.15, 0.2) is 27.8 Å². The van der Waals surface area contributed by atoms with Gasteiger partial charge in [-0.1, -0.05) is 0 Å². The summed E-state index contributed by atoms with van der Waals surface area (Å²) >= 11 is 0. The predicted molar refractivity (Wildman–Crippen MR) is 119 cm³/mol. The molecule has 2 aromatic rings. The Balaban J connectivity index is 1.34. The maximum absolute atomic E-state index is 12.9. The highest BCUT2D eigenvalue weighted by Gasteiger charge is 2.34. The number of sulfonamides is 1. The first-order valence-corrected chi connectivity index (χ1v) is 12.8. The molecule has 1 unspecified atom stereocenters. The van der Waals surface area contributed by atoms with Crippen LogP contribution < -0.4 is 5.32 Å². The van der Waals surface area contributed by atoms with Crippen molar-refractivity contribution in [2.45, 2.75) is 50.6 Å². The molecule has 0 spiro atoms. The van der Waals surface area contributed by atoms with Crippen LogP contribution >= 0.6 is 0 Å². The summed E-state index contributed by atoms with van der Waals surface area (Å²) in [5, 5.41) is 3.18. The van der Waals surface area contributed by atoms with Gasteiger partial charge in [-0.05, 0) is 64.8 Å². The number of aryl methyl sites for hydroxylation is 3. The SMILES string of the molecule is Cc1ccc(C(CNC(=O)C2CCN(S(=O)(=O)c3cn(C)c(C)n3)CC2)N2CCCC2)o1. The molecule has 2 aliphatic heterocycles. The fourth-order valence-electron chi connectivity index (χ4n) is 4.58. The number of amides is 1. The van der Waals surface area contributed by atoms with Crippen molar-refractivity contribution >= 4 is 15.9 Å². The zero-order valence-electron chi connectivity index (χ0n) is 19.1. The molecule has 2 aromatic heterocycles. The molecule has 176 valence electrons. The number of aromatic nitrogens is 2. The van der Waals surface area contributed by atoms with E-state index in [4.69, 9.17) is 4.42 Å². The molecule has 0 radical (unpaired) electrons. The second-order valence-corrected chi connectivity index (χ2v) is 10.8. The van der Waals surface area contributed by atoms with Crippen LogP contribution in [0.5, 0.6) is 0 Å². The number of carbonyl (C=O) groups is 1. The Morgan fingerprint density at radius 2 is 1.88 bits per heavy atom. The van der Waals surface area contributed by atoms with E-state index in [-0.39, 0.29) is 22.9 Å². The molecule has 10 heteroatoms. The summed E-state index contributed by atoms with van der Waals surface area (Å²) in [6, 6.07) is 3.98. The number of nitrogens with zero attached hydrogens (tertiary/aromatic N) is 4. The van der Waals surface area contributed by atoms with E-state index in [1.165, 1.54) is 10.5 Å². The van der Waals surface area contributed by atoms with Gasteiger partial charge in [0.15, 0.2) is 5.03 Å². The van der Waals surface area contributed by atoms with Gasteiger partial charge in [-0.3, -0.25) is 9.69 Å². The largest absolute Gasteiger partial charge is 0.465 e. The topological polar surface area (TPSA) is 101 Å². The van der Waals surface area contributed by atoms with Crippen molar-refractivity contribution in [3.8, 4) is 0 Å². The molecule has 32 heavy (non-hydrogen) atoms. The van der Waals surface area contributed by atoms with Crippen LogP contribution in [0.4, 0.5) is 0 Å². The maximum atomic E-state index is 12.9. The quantitative estimate of drug-likeness (QED) is 0.674. The molecular formula is C22H33N5O4S. The molecule has 1 N–H and O–H groups in total. The minimum Gasteiger partial charge on any atom is -0.465 e. The molecule has 0 aromatic carbocycles. The first-order chi connectivity index (χ1) is 15.3. The molecule has 1 amide bonds. The van der Waals surface area contributed by atoms with Crippen molar-refractivity contribution in [3.63, 3.8) is 0 Å². The molecule has 2 saturated heterocycles. The molecule has 0 aliphatic carbocycles. The Bertz CT molecular complexity index is 1030. The van der Waals surface area contributed by atoms with Gasteiger partial charge in [0, 0.05) is 38.8 Å².